The summed E-state index contributed by atoms with van der Waals surface area (Å²) in [5.74, 6) is -0.286. The second-order valence-corrected chi connectivity index (χ2v) is 4.23. The summed E-state index contributed by atoms with van der Waals surface area (Å²) in [5, 5.41) is 5.30. The Balaban J connectivity index is 2.27. The molecule has 0 aliphatic rings. The van der Waals surface area contributed by atoms with Crippen LogP contribution in [-0.2, 0) is 6.54 Å². The summed E-state index contributed by atoms with van der Waals surface area (Å²) in [7, 11) is 0. The Hall–Kier alpha value is -2.27. The average molecular weight is 256 g/mol. The lowest BCUT2D eigenvalue weighted by Crippen LogP contribution is -2.10. The summed E-state index contributed by atoms with van der Waals surface area (Å²) in [6.45, 7) is 1.07. The molecule has 2 heterocycles. The van der Waals surface area contributed by atoms with Crippen LogP contribution in [0.15, 0.2) is 42.7 Å². The van der Waals surface area contributed by atoms with E-state index >= 15 is 0 Å². The van der Waals surface area contributed by atoms with Gasteiger partial charge in [0.05, 0.1) is 12.1 Å². The van der Waals surface area contributed by atoms with E-state index in [9.17, 15) is 4.39 Å². The third kappa shape index (κ3) is 1.98. The van der Waals surface area contributed by atoms with E-state index in [0.29, 0.717) is 24.3 Å². The van der Waals surface area contributed by atoms with E-state index < -0.39 is 0 Å². The van der Waals surface area contributed by atoms with Crippen molar-refractivity contribution in [2.45, 2.75) is 6.54 Å². The van der Waals surface area contributed by atoms with Gasteiger partial charge in [-0.05, 0) is 18.2 Å². The predicted octanol–water partition coefficient (Wildman–Crippen LogP) is 2.20. The summed E-state index contributed by atoms with van der Waals surface area (Å²) < 4.78 is 15.7. The molecule has 2 N–H and O–H groups in total. The Morgan fingerprint density at radius 1 is 1.21 bits per heavy atom. The molecule has 0 saturated heterocycles. The maximum Gasteiger partial charge on any atom is 0.132 e. The van der Waals surface area contributed by atoms with E-state index in [4.69, 9.17) is 5.73 Å². The van der Waals surface area contributed by atoms with Gasteiger partial charge in [-0.1, -0.05) is 12.1 Å². The maximum absolute atomic E-state index is 13.9. The number of rotatable bonds is 3. The predicted molar refractivity (Wildman–Crippen MR) is 72.0 cm³/mol. The van der Waals surface area contributed by atoms with Gasteiger partial charge in [0, 0.05) is 29.9 Å². The molecule has 0 unspecified atom stereocenters. The van der Waals surface area contributed by atoms with Crippen LogP contribution in [0.2, 0.25) is 0 Å². The zero-order valence-corrected chi connectivity index (χ0v) is 10.3. The van der Waals surface area contributed by atoms with Gasteiger partial charge in [0.2, 0.25) is 0 Å². The van der Waals surface area contributed by atoms with Crippen molar-refractivity contribution in [1.29, 1.82) is 0 Å². The quantitative estimate of drug-likeness (QED) is 0.781. The number of nitrogens with two attached hydrogens (primary N) is 1. The molecule has 4 nitrogen and oxygen atoms in total. The van der Waals surface area contributed by atoms with Crippen LogP contribution in [0.5, 0.6) is 0 Å². The first kappa shape index (κ1) is 11.8. The van der Waals surface area contributed by atoms with E-state index in [1.165, 1.54) is 6.07 Å². The zero-order valence-electron chi connectivity index (χ0n) is 10.3. The van der Waals surface area contributed by atoms with Crippen LogP contribution >= 0.6 is 0 Å². The Labute approximate surface area is 109 Å². The molecule has 0 aliphatic carbocycles. The van der Waals surface area contributed by atoms with E-state index in [0.717, 1.165) is 10.9 Å². The highest BCUT2D eigenvalue weighted by atomic mass is 19.1. The highest BCUT2D eigenvalue weighted by Gasteiger charge is 2.14. The van der Waals surface area contributed by atoms with Crippen molar-refractivity contribution in [2.24, 2.45) is 5.73 Å². The molecule has 3 aromatic rings. The first-order valence-corrected chi connectivity index (χ1v) is 6.07. The minimum atomic E-state index is -0.286. The zero-order chi connectivity index (χ0) is 13.2. The van der Waals surface area contributed by atoms with Crippen molar-refractivity contribution in [3.63, 3.8) is 0 Å². The van der Waals surface area contributed by atoms with Gasteiger partial charge in [-0.15, -0.1) is 0 Å². The summed E-state index contributed by atoms with van der Waals surface area (Å²) in [6.07, 6.45) is 3.40. The Morgan fingerprint density at radius 2 is 2.05 bits per heavy atom. The SMILES string of the molecule is NCCn1nc(-c2ccccc2F)c2cnccc21. The Bertz CT molecular complexity index is 720. The van der Waals surface area contributed by atoms with Crippen molar-refractivity contribution >= 4 is 10.9 Å². The highest BCUT2D eigenvalue weighted by molar-refractivity contribution is 5.92. The van der Waals surface area contributed by atoms with Crippen LogP contribution in [0.4, 0.5) is 4.39 Å². The van der Waals surface area contributed by atoms with Gasteiger partial charge in [-0.2, -0.15) is 5.10 Å². The van der Waals surface area contributed by atoms with Gasteiger partial charge < -0.3 is 5.73 Å². The van der Waals surface area contributed by atoms with Gasteiger partial charge in [0.25, 0.3) is 0 Å². The smallest absolute Gasteiger partial charge is 0.132 e. The largest absolute Gasteiger partial charge is 0.329 e. The van der Waals surface area contributed by atoms with Crippen molar-refractivity contribution in [3.8, 4) is 11.3 Å². The van der Waals surface area contributed by atoms with E-state index in [2.05, 4.69) is 10.1 Å². The van der Waals surface area contributed by atoms with Crippen LogP contribution in [0.1, 0.15) is 0 Å². The topological polar surface area (TPSA) is 56.7 Å². The third-order valence-electron chi connectivity index (χ3n) is 3.02. The first-order chi connectivity index (χ1) is 9.31. The minimum absolute atomic E-state index is 0.286. The molecule has 96 valence electrons. The molecule has 5 heteroatoms. The fraction of sp³-hybridized carbons (Fsp3) is 0.143. The molecule has 0 spiro atoms. The first-order valence-electron chi connectivity index (χ1n) is 6.07. The van der Waals surface area contributed by atoms with Crippen LogP contribution in [0.25, 0.3) is 22.2 Å². The number of halogens is 1. The number of pyridine rings is 1. The van der Waals surface area contributed by atoms with Crippen LogP contribution in [0.3, 0.4) is 0 Å². The van der Waals surface area contributed by atoms with Gasteiger partial charge in [-0.3, -0.25) is 9.67 Å². The van der Waals surface area contributed by atoms with Crippen molar-refractivity contribution in [3.05, 3.63) is 48.5 Å². The molecule has 0 aliphatic heterocycles. The van der Waals surface area contributed by atoms with Gasteiger partial charge in [0.15, 0.2) is 0 Å². The summed E-state index contributed by atoms with van der Waals surface area (Å²) in [6, 6.07) is 8.47. The summed E-state index contributed by atoms with van der Waals surface area (Å²) in [5.41, 5.74) is 7.58. The number of hydrogen-bond donors (Lipinski definition) is 1. The lowest BCUT2D eigenvalue weighted by atomic mass is 10.1. The van der Waals surface area contributed by atoms with Crippen LogP contribution < -0.4 is 5.73 Å². The van der Waals surface area contributed by atoms with Crippen LogP contribution in [-0.4, -0.2) is 21.3 Å². The second-order valence-electron chi connectivity index (χ2n) is 4.23. The molecule has 0 saturated carbocycles. The van der Waals surface area contributed by atoms with Crippen molar-refractivity contribution in [2.75, 3.05) is 6.54 Å². The molecule has 1 aromatic carbocycles. The Kier molecular flexibility index (Phi) is 2.97. The molecular formula is C14H13FN4. The lowest BCUT2D eigenvalue weighted by Gasteiger charge is -1.99. The molecule has 3 rings (SSSR count). The number of aromatic nitrogens is 3. The molecule has 0 bridgehead atoms. The normalized spacial score (nSPS) is 11.1. The van der Waals surface area contributed by atoms with E-state index in [1.807, 2.05) is 6.07 Å². The average Bonchev–Trinajstić information content (AvgIpc) is 2.79. The molecule has 19 heavy (non-hydrogen) atoms. The summed E-state index contributed by atoms with van der Waals surface area (Å²) >= 11 is 0. The van der Waals surface area contributed by atoms with Gasteiger partial charge >= 0.3 is 0 Å². The number of benzene rings is 1. The van der Waals surface area contributed by atoms with E-state index in [1.54, 1.807) is 35.3 Å². The summed E-state index contributed by atoms with van der Waals surface area (Å²) in [4.78, 5) is 4.10. The number of fused-ring (bicyclic) bond motifs is 1. The van der Waals surface area contributed by atoms with Crippen molar-refractivity contribution < 1.29 is 4.39 Å². The third-order valence-corrected chi connectivity index (χ3v) is 3.02. The fourth-order valence-corrected chi connectivity index (χ4v) is 2.17. The van der Waals surface area contributed by atoms with Crippen LogP contribution in [0, 0.1) is 5.82 Å². The Morgan fingerprint density at radius 3 is 2.84 bits per heavy atom. The fourth-order valence-electron chi connectivity index (χ4n) is 2.17. The van der Waals surface area contributed by atoms with Gasteiger partial charge in [-0.25, -0.2) is 4.39 Å². The molecule has 0 radical (unpaired) electrons. The van der Waals surface area contributed by atoms with Gasteiger partial charge in [0.1, 0.15) is 11.5 Å². The van der Waals surface area contributed by atoms with E-state index in [-0.39, 0.29) is 5.82 Å². The molecule has 0 fully saturated rings. The maximum atomic E-state index is 13.9. The minimum Gasteiger partial charge on any atom is -0.329 e. The monoisotopic (exact) mass is 256 g/mol. The second kappa shape index (κ2) is 4.78. The molecular weight excluding hydrogens is 243 g/mol. The van der Waals surface area contributed by atoms with Crippen molar-refractivity contribution in [1.82, 2.24) is 14.8 Å². The lowest BCUT2D eigenvalue weighted by molar-refractivity contribution is 0.625. The molecule has 2 aromatic heterocycles. The molecule has 0 atom stereocenters. The standard InChI is InChI=1S/C14H13FN4/c15-12-4-2-1-3-10(12)14-11-9-17-7-5-13(11)19(18-14)8-6-16/h1-5,7,9H,6,8,16H2. The molecule has 0 amide bonds. The number of hydrogen-bond acceptors (Lipinski definition) is 3. The highest BCUT2D eigenvalue weighted by Crippen LogP contribution is 2.28. The number of nitrogens with zero attached hydrogens (tertiary/aromatic N) is 3.